The number of benzene rings is 1. The summed E-state index contributed by atoms with van der Waals surface area (Å²) in [4.78, 5) is 0. The van der Waals surface area contributed by atoms with Gasteiger partial charge in [0.25, 0.3) is 0 Å². The summed E-state index contributed by atoms with van der Waals surface area (Å²) in [5, 5.41) is 0. The van der Waals surface area contributed by atoms with Crippen LogP contribution in [0.3, 0.4) is 0 Å². The van der Waals surface area contributed by atoms with E-state index >= 15 is 0 Å². The van der Waals surface area contributed by atoms with Gasteiger partial charge in [0.05, 0.1) is 6.61 Å². The second-order valence-electron chi connectivity index (χ2n) is 8.17. The van der Waals surface area contributed by atoms with Gasteiger partial charge in [0.2, 0.25) is 5.82 Å². The minimum atomic E-state index is -1.35. The maximum atomic E-state index is 14.8. The van der Waals surface area contributed by atoms with E-state index in [4.69, 9.17) is 9.47 Å². The van der Waals surface area contributed by atoms with Gasteiger partial charge in [-0.15, -0.1) is 0 Å². The molecule has 2 aliphatic carbocycles. The Kier molecular flexibility index (Phi) is 7.27. The van der Waals surface area contributed by atoms with Gasteiger partial charge in [0.15, 0.2) is 17.4 Å². The maximum Gasteiger partial charge on any atom is 0.200 e. The molecule has 1 saturated carbocycles. The van der Waals surface area contributed by atoms with E-state index in [-0.39, 0.29) is 43.1 Å². The van der Waals surface area contributed by atoms with Crippen molar-refractivity contribution in [1.82, 2.24) is 0 Å². The van der Waals surface area contributed by atoms with Gasteiger partial charge < -0.3 is 9.47 Å². The second-order valence-corrected chi connectivity index (χ2v) is 8.17. The number of rotatable bonds is 7. The molecule has 0 saturated heterocycles. The largest absolute Gasteiger partial charge is 0.491 e. The molecule has 0 aromatic heterocycles. The van der Waals surface area contributed by atoms with Crippen LogP contribution in [0.25, 0.3) is 0 Å². The summed E-state index contributed by atoms with van der Waals surface area (Å²) in [6.45, 7) is 5.91. The molecule has 0 N–H and O–H groups in total. The van der Waals surface area contributed by atoms with Crippen molar-refractivity contribution in [3.8, 4) is 5.75 Å². The van der Waals surface area contributed by atoms with Crippen LogP contribution in [0.5, 0.6) is 5.75 Å². The highest BCUT2D eigenvalue weighted by Crippen LogP contribution is 2.48. The first kappa shape index (κ1) is 22.9. The summed E-state index contributed by atoms with van der Waals surface area (Å²) < 4.78 is 68.7. The van der Waals surface area contributed by atoms with E-state index in [1.165, 1.54) is 6.07 Å². The van der Waals surface area contributed by atoms with Gasteiger partial charge in [-0.25, -0.2) is 13.2 Å². The molecule has 0 heterocycles. The van der Waals surface area contributed by atoms with Crippen LogP contribution in [0.1, 0.15) is 64.4 Å². The molecule has 2 atom stereocenters. The average Bonchev–Trinajstić information content (AvgIpc) is 2.75. The molecule has 0 spiro atoms. The minimum Gasteiger partial charge on any atom is -0.491 e. The molecule has 30 heavy (non-hydrogen) atoms. The first-order chi connectivity index (χ1) is 14.4. The topological polar surface area (TPSA) is 18.5 Å². The van der Waals surface area contributed by atoms with Gasteiger partial charge in [0, 0.05) is 13.0 Å². The van der Waals surface area contributed by atoms with E-state index in [9.17, 15) is 17.6 Å². The van der Waals surface area contributed by atoms with Crippen LogP contribution < -0.4 is 4.74 Å². The maximum absolute atomic E-state index is 14.8. The van der Waals surface area contributed by atoms with Crippen LogP contribution in [0.2, 0.25) is 0 Å². The standard InChI is InChI=1S/C24H30F4O2/c1-4-29-20-13-12-18(21(26)22(20)27)15(3)16-8-10-17(11-9-16)24(30-5-2)14-6-7-19(25)23(24)28/h6,12-17H,4-5,7-11H2,1-3H3/t15?,16-,17-,24?. The zero-order valence-corrected chi connectivity index (χ0v) is 17.8. The Hall–Kier alpha value is -1.82. The fourth-order valence-electron chi connectivity index (χ4n) is 4.96. The fourth-order valence-corrected chi connectivity index (χ4v) is 4.96. The lowest BCUT2D eigenvalue weighted by Crippen LogP contribution is -2.43. The van der Waals surface area contributed by atoms with Gasteiger partial charge in [-0.05, 0) is 75.0 Å². The predicted octanol–water partition coefficient (Wildman–Crippen LogP) is 7.16. The Labute approximate surface area is 175 Å². The molecule has 3 rings (SSSR count). The first-order valence-electron chi connectivity index (χ1n) is 10.8. The molecule has 2 nitrogen and oxygen atoms in total. The van der Waals surface area contributed by atoms with Crippen molar-refractivity contribution in [1.29, 1.82) is 0 Å². The van der Waals surface area contributed by atoms with Gasteiger partial charge in [-0.3, -0.25) is 0 Å². The summed E-state index contributed by atoms with van der Waals surface area (Å²) in [5.41, 5.74) is -1.02. The third-order valence-corrected chi connectivity index (χ3v) is 6.58. The number of hydrogen-bond donors (Lipinski definition) is 0. The Morgan fingerprint density at radius 3 is 2.33 bits per heavy atom. The Balaban J connectivity index is 1.74. The van der Waals surface area contributed by atoms with E-state index in [0.29, 0.717) is 31.2 Å². The van der Waals surface area contributed by atoms with Gasteiger partial charge >= 0.3 is 0 Å². The molecule has 0 aliphatic heterocycles. The lowest BCUT2D eigenvalue weighted by atomic mass is 9.68. The average molecular weight is 426 g/mol. The van der Waals surface area contributed by atoms with Crippen molar-refractivity contribution < 1.29 is 27.0 Å². The Bertz CT molecular complexity index is 812. The zero-order chi connectivity index (χ0) is 21.9. The number of allylic oxidation sites excluding steroid dienone is 2. The monoisotopic (exact) mass is 426 g/mol. The van der Waals surface area contributed by atoms with Gasteiger partial charge in [0.1, 0.15) is 11.4 Å². The molecule has 1 aromatic rings. The number of hydrogen-bond acceptors (Lipinski definition) is 2. The fraction of sp³-hybridized carbons (Fsp3) is 0.583. The van der Waals surface area contributed by atoms with Crippen LogP contribution in [0, 0.1) is 23.5 Å². The lowest BCUT2D eigenvalue weighted by molar-refractivity contribution is -0.0511. The molecule has 0 bridgehead atoms. The van der Waals surface area contributed by atoms with Crippen LogP contribution in [-0.4, -0.2) is 18.8 Å². The van der Waals surface area contributed by atoms with Crippen molar-refractivity contribution in [2.24, 2.45) is 11.8 Å². The molecular weight excluding hydrogens is 396 g/mol. The molecule has 2 unspecified atom stereocenters. The van der Waals surface area contributed by atoms with Crippen LogP contribution in [0.15, 0.2) is 35.9 Å². The highest BCUT2D eigenvalue weighted by Gasteiger charge is 2.46. The molecule has 166 valence electrons. The summed E-state index contributed by atoms with van der Waals surface area (Å²) in [6, 6.07) is 3.06. The lowest BCUT2D eigenvalue weighted by Gasteiger charge is -2.43. The van der Waals surface area contributed by atoms with Crippen molar-refractivity contribution in [2.45, 2.75) is 64.4 Å². The molecule has 6 heteroatoms. The zero-order valence-electron chi connectivity index (χ0n) is 17.8. The van der Waals surface area contributed by atoms with E-state index in [1.807, 2.05) is 6.92 Å². The van der Waals surface area contributed by atoms with Crippen molar-refractivity contribution >= 4 is 0 Å². The quantitative estimate of drug-likeness (QED) is 0.340. The minimum absolute atomic E-state index is 0.0460. The summed E-state index contributed by atoms with van der Waals surface area (Å²) in [5.74, 6) is -3.76. The van der Waals surface area contributed by atoms with E-state index in [1.54, 1.807) is 32.1 Å². The Morgan fingerprint density at radius 2 is 1.70 bits per heavy atom. The molecule has 1 aromatic carbocycles. The highest BCUT2D eigenvalue weighted by molar-refractivity contribution is 5.34. The van der Waals surface area contributed by atoms with Crippen molar-refractivity contribution in [3.63, 3.8) is 0 Å². The third-order valence-electron chi connectivity index (χ3n) is 6.58. The predicted molar refractivity (Wildman–Crippen MR) is 109 cm³/mol. The molecule has 2 aliphatic rings. The number of ether oxygens (including phenoxy) is 2. The van der Waals surface area contributed by atoms with Crippen LogP contribution >= 0.6 is 0 Å². The third kappa shape index (κ3) is 4.16. The van der Waals surface area contributed by atoms with Gasteiger partial charge in [-0.2, -0.15) is 4.39 Å². The van der Waals surface area contributed by atoms with Crippen LogP contribution in [-0.2, 0) is 4.74 Å². The van der Waals surface area contributed by atoms with Gasteiger partial charge in [-0.1, -0.05) is 19.1 Å². The summed E-state index contributed by atoms with van der Waals surface area (Å²) >= 11 is 0. The van der Waals surface area contributed by atoms with Crippen LogP contribution in [0.4, 0.5) is 17.6 Å². The summed E-state index contributed by atoms with van der Waals surface area (Å²) in [6.07, 6.45) is 5.90. The summed E-state index contributed by atoms with van der Waals surface area (Å²) in [7, 11) is 0. The molecular formula is C24H30F4O2. The Morgan fingerprint density at radius 1 is 1.00 bits per heavy atom. The van der Waals surface area contributed by atoms with Crippen molar-refractivity contribution in [2.75, 3.05) is 13.2 Å². The molecule has 1 fully saturated rings. The molecule has 0 amide bonds. The number of halogens is 4. The van der Waals surface area contributed by atoms with E-state index in [2.05, 4.69) is 0 Å². The van der Waals surface area contributed by atoms with E-state index in [0.717, 1.165) is 0 Å². The SMILES string of the molecule is CCOc1ccc(C(C)[C@H]2CC[C@H](C3(OCC)C=CCC(F)=C3F)CC2)c(F)c1F. The highest BCUT2D eigenvalue weighted by atomic mass is 19.2. The van der Waals surface area contributed by atoms with E-state index < -0.39 is 28.9 Å². The first-order valence-corrected chi connectivity index (χ1v) is 10.8. The molecule has 0 radical (unpaired) electrons. The van der Waals surface area contributed by atoms with Crippen molar-refractivity contribution in [3.05, 3.63) is 53.1 Å². The smallest absolute Gasteiger partial charge is 0.200 e. The second kappa shape index (κ2) is 9.54. The normalized spacial score (nSPS) is 28.0.